The van der Waals surface area contributed by atoms with Gasteiger partial charge in [0.05, 0.1) is 13.2 Å². The number of nitrogen functional groups attached to an aromatic ring is 1. The largest absolute Gasteiger partial charge is 0.383 e. The van der Waals surface area contributed by atoms with Crippen LogP contribution in [0.2, 0.25) is 10.0 Å². The molecule has 158 valence electrons. The second-order valence-electron chi connectivity index (χ2n) is 6.68. The lowest BCUT2D eigenvalue weighted by molar-refractivity contribution is 0.186. The van der Waals surface area contributed by atoms with Crippen molar-refractivity contribution in [3.63, 3.8) is 0 Å². The zero-order valence-electron chi connectivity index (χ0n) is 16.4. The number of benzene rings is 2. The highest BCUT2D eigenvalue weighted by Gasteiger charge is 2.21. The summed E-state index contributed by atoms with van der Waals surface area (Å²) in [6, 6.07) is 14.8. The first-order chi connectivity index (χ1) is 14.4. The number of aromatic amines is 1. The maximum atomic E-state index is 12.8. The third kappa shape index (κ3) is 4.87. The molecule has 0 radical (unpaired) electrons. The molecule has 0 atom stereocenters. The molecule has 1 heterocycles. The third-order valence-electron chi connectivity index (χ3n) is 4.68. The number of nitrogens with zero attached hydrogens (tertiary/aromatic N) is 2. The van der Waals surface area contributed by atoms with E-state index < -0.39 is 11.2 Å². The number of aromatic nitrogens is 2. The summed E-state index contributed by atoms with van der Waals surface area (Å²) < 4.78 is 6.34. The summed E-state index contributed by atoms with van der Waals surface area (Å²) in [5, 5.41) is 0.950. The molecule has 0 aliphatic carbocycles. The Labute approximate surface area is 183 Å². The van der Waals surface area contributed by atoms with Crippen molar-refractivity contribution in [2.45, 2.75) is 19.6 Å². The molecule has 0 saturated heterocycles. The normalized spacial score (nSPS) is 10.9. The molecule has 0 bridgehead atoms. The van der Waals surface area contributed by atoms with Crippen LogP contribution in [0.4, 0.5) is 11.5 Å². The summed E-state index contributed by atoms with van der Waals surface area (Å²) in [6.07, 6.45) is 0. The number of anilines is 2. The molecule has 0 aliphatic heterocycles. The Bertz CT molecular complexity index is 1110. The first-order valence-electron chi connectivity index (χ1n) is 9.25. The van der Waals surface area contributed by atoms with Crippen LogP contribution in [0.3, 0.4) is 0 Å². The van der Waals surface area contributed by atoms with Gasteiger partial charge in [0.1, 0.15) is 11.5 Å². The van der Waals surface area contributed by atoms with Gasteiger partial charge in [-0.3, -0.25) is 14.3 Å². The van der Waals surface area contributed by atoms with E-state index in [-0.39, 0.29) is 31.2 Å². The molecule has 2 aromatic carbocycles. The van der Waals surface area contributed by atoms with Crippen molar-refractivity contribution < 1.29 is 4.74 Å². The zero-order chi connectivity index (χ0) is 21.7. The van der Waals surface area contributed by atoms with Crippen molar-refractivity contribution in [1.29, 1.82) is 0 Å². The molecule has 0 saturated carbocycles. The van der Waals surface area contributed by atoms with Crippen molar-refractivity contribution in [3.8, 4) is 0 Å². The number of nitrogens with one attached hydrogen (secondary N) is 1. The highest BCUT2D eigenvalue weighted by Crippen LogP contribution is 2.29. The average Bonchev–Trinajstić information content (AvgIpc) is 2.71. The smallest absolute Gasteiger partial charge is 0.330 e. The van der Waals surface area contributed by atoms with Gasteiger partial charge in [-0.2, -0.15) is 0 Å². The van der Waals surface area contributed by atoms with Crippen molar-refractivity contribution in [1.82, 2.24) is 9.55 Å². The number of ether oxygens (including phenoxy) is 1. The van der Waals surface area contributed by atoms with Crippen LogP contribution in [0.5, 0.6) is 0 Å². The van der Waals surface area contributed by atoms with Crippen LogP contribution in [-0.2, 0) is 24.4 Å². The Morgan fingerprint density at radius 2 is 1.70 bits per heavy atom. The SMILES string of the molecule is COCCn1c(N)c(N(Cc2ccccc2)Cc2c(Cl)cccc2Cl)c(=O)[nH]c1=O. The molecule has 0 unspecified atom stereocenters. The molecule has 7 nitrogen and oxygen atoms in total. The molecular formula is C21H22Cl2N4O3. The second kappa shape index (κ2) is 9.84. The van der Waals surface area contributed by atoms with E-state index in [9.17, 15) is 9.59 Å². The lowest BCUT2D eigenvalue weighted by atomic mass is 10.1. The fourth-order valence-electron chi connectivity index (χ4n) is 3.18. The van der Waals surface area contributed by atoms with E-state index in [0.29, 0.717) is 22.2 Å². The number of halogens is 2. The van der Waals surface area contributed by atoms with Gasteiger partial charge in [0.15, 0.2) is 0 Å². The summed E-state index contributed by atoms with van der Waals surface area (Å²) in [7, 11) is 1.52. The van der Waals surface area contributed by atoms with Gasteiger partial charge in [0, 0.05) is 35.8 Å². The van der Waals surface area contributed by atoms with Crippen molar-refractivity contribution >= 4 is 34.7 Å². The van der Waals surface area contributed by atoms with Crippen LogP contribution in [0, 0.1) is 0 Å². The summed E-state index contributed by atoms with van der Waals surface area (Å²) in [6.45, 7) is 1.06. The topological polar surface area (TPSA) is 93.3 Å². The molecule has 30 heavy (non-hydrogen) atoms. The molecule has 0 spiro atoms. The highest BCUT2D eigenvalue weighted by atomic mass is 35.5. The van der Waals surface area contributed by atoms with Crippen LogP contribution in [0.15, 0.2) is 58.1 Å². The number of hydrogen-bond acceptors (Lipinski definition) is 5. The van der Waals surface area contributed by atoms with Gasteiger partial charge in [0.25, 0.3) is 5.56 Å². The highest BCUT2D eigenvalue weighted by molar-refractivity contribution is 6.36. The van der Waals surface area contributed by atoms with E-state index in [4.69, 9.17) is 33.7 Å². The van der Waals surface area contributed by atoms with Gasteiger partial charge >= 0.3 is 5.69 Å². The van der Waals surface area contributed by atoms with E-state index in [0.717, 1.165) is 5.56 Å². The number of rotatable bonds is 8. The Morgan fingerprint density at radius 3 is 2.33 bits per heavy atom. The van der Waals surface area contributed by atoms with Crippen LogP contribution >= 0.6 is 23.2 Å². The van der Waals surface area contributed by atoms with Crippen molar-refractivity contribution in [2.24, 2.45) is 0 Å². The average molecular weight is 449 g/mol. The summed E-state index contributed by atoms with van der Waals surface area (Å²) in [5.41, 5.74) is 6.90. The number of hydrogen-bond donors (Lipinski definition) is 2. The molecule has 0 fully saturated rings. The zero-order valence-corrected chi connectivity index (χ0v) is 17.9. The van der Waals surface area contributed by atoms with Gasteiger partial charge in [-0.25, -0.2) is 4.79 Å². The minimum atomic E-state index is -0.589. The lowest BCUT2D eigenvalue weighted by Crippen LogP contribution is -2.38. The molecule has 0 aliphatic rings. The van der Waals surface area contributed by atoms with E-state index in [1.165, 1.54) is 11.7 Å². The van der Waals surface area contributed by atoms with E-state index in [1.54, 1.807) is 23.1 Å². The van der Waals surface area contributed by atoms with Crippen molar-refractivity contribution in [2.75, 3.05) is 24.4 Å². The van der Waals surface area contributed by atoms with Gasteiger partial charge in [-0.1, -0.05) is 59.6 Å². The van der Waals surface area contributed by atoms with Gasteiger partial charge in [-0.15, -0.1) is 0 Å². The van der Waals surface area contributed by atoms with Gasteiger partial charge < -0.3 is 15.4 Å². The van der Waals surface area contributed by atoms with E-state index in [2.05, 4.69) is 4.98 Å². The maximum Gasteiger partial charge on any atom is 0.330 e. The Kier molecular flexibility index (Phi) is 7.20. The second-order valence-corrected chi connectivity index (χ2v) is 7.49. The predicted octanol–water partition coefficient (Wildman–Crippen LogP) is 3.28. The molecule has 1 aromatic heterocycles. The Balaban J connectivity index is 2.12. The fraction of sp³-hybridized carbons (Fsp3) is 0.238. The standard InChI is InChI=1S/C21H22Cl2N4O3/c1-30-11-10-27-19(24)18(20(28)25-21(27)29)26(12-14-6-3-2-4-7-14)13-15-16(22)8-5-9-17(15)23/h2-9H,10-13,24H2,1H3,(H,25,28,29). The molecule has 3 N–H and O–H groups in total. The lowest BCUT2D eigenvalue weighted by Gasteiger charge is -2.27. The summed E-state index contributed by atoms with van der Waals surface area (Å²) in [5.74, 6) is 0.0555. The monoisotopic (exact) mass is 448 g/mol. The van der Waals surface area contributed by atoms with Crippen LogP contribution in [0.1, 0.15) is 11.1 Å². The minimum Gasteiger partial charge on any atom is -0.383 e. The summed E-state index contributed by atoms with van der Waals surface area (Å²) >= 11 is 12.7. The Morgan fingerprint density at radius 1 is 1.03 bits per heavy atom. The maximum absolute atomic E-state index is 12.8. The predicted molar refractivity (Wildman–Crippen MR) is 120 cm³/mol. The summed E-state index contributed by atoms with van der Waals surface area (Å²) in [4.78, 5) is 29.2. The van der Waals surface area contributed by atoms with Crippen LogP contribution < -0.4 is 21.9 Å². The van der Waals surface area contributed by atoms with E-state index >= 15 is 0 Å². The number of methoxy groups -OCH3 is 1. The third-order valence-corrected chi connectivity index (χ3v) is 5.38. The molecule has 3 aromatic rings. The van der Waals surface area contributed by atoms with Crippen LogP contribution in [0.25, 0.3) is 0 Å². The van der Waals surface area contributed by atoms with Gasteiger partial charge in [-0.05, 0) is 17.7 Å². The first kappa shape index (κ1) is 22.0. The van der Waals surface area contributed by atoms with Crippen molar-refractivity contribution in [3.05, 3.63) is 90.5 Å². The van der Waals surface area contributed by atoms with Crippen LogP contribution in [-0.4, -0.2) is 23.3 Å². The quantitative estimate of drug-likeness (QED) is 0.551. The molecule has 3 rings (SSSR count). The Hall–Kier alpha value is -2.74. The number of H-pyrrole nitrogens is 1. The molecule has 9 heteroatoms. The van der Waals surface area contributed by atoms with Gasteiger partial charge in [0.2, 0.25) is 0 Å². The molecule has 0 amide bonds. The van der Waals surface area contributed by atoms with E-state index in [1.807, 2.05) is 30.3 Å². The first-order valence-corrected chi connectivity index (χ1v) is 10.0. The minimum absolute atomic E-state index is 0.0555. The fourth-order valence-corrected chi connectivity index (χ4v) is 3.70. The number of nitrogens with two attached hydrogens (primary N) is 1. The molecular weight excluding hydrogens is 427 g/mol.